The number of hydrogen-bond donors (Lipinski definition) is 0. The second-order valence-electron chi connectivity index (χ2n) is 8.66. The van der Waals surface area contributed by atoms with E-state index in [1.165, 1.54) is 12.5 Å². The zero-order chi connectivity index (χ0) is 23.2. The largest absolute Gasteiger partial charge is 0.417 e. The van der Waals surface area contributed by atoms with E-state index in [0.717, 1.165) is 55.2 Å². The molecule has 0 aliphatic carbocycles. The van der Waals surface area contributed by atoms with Crippen LogP contribution in [0, 0.1) is 6.92 Å². The molecule has 0 N–H and O–H groups in total. The number of carbonyl (C=O) groups is 1. The summed E-state index contributed by atoms with van der Waals surface area (Å²) >= 11 is 0. The van der Waals surface area contributed by atoms with Crippen LogP contribution in [-0.4, -0.2) is 56.5 Å². The molecule has 0 unspecified atom stereocenters. The lowest BCUT2D eigenvalue weighted by Crippen LogP contribution is -2.49. The minimum Gasteiger partial charge on any atom is -0.353 e. The van der Waals surface area contributed by atoms with Gasteiger partial charge in [-0.2, -0.15) is 13.2 Å². The Morgan fingerprint density at radius 3 is 2.48 bits per heavy atom. The predicted octanol–water partition coefficient (Wildman–Crippen LogP) is 3.84. The van der Waals surface area contributed by atoms with Crippen molar-refractivity contribution in [2.24, 2.45) is 0 Å². The first-order chi connectivity index (χ1) is 15.8. The second kappa shape index (κ2) is 8.31. The number of halogens is 3. The van der Waals surface area contributed by atoms with Crippen LogP contribution in [0.4, 0.5) is 19.0 Å². The molecule has 2 aliphatic rings. The molecule has 174 valence electrons. The summed E-state index contributed by atoms with van der Waals surface area (Å²) in [5, 5.41) is 0. The maximum absolute atomic E-state index is 13.4. The fourth-order valence-corrected chi connectivity index (χ4v) is 4.63. The molecule has 3 aromatic heterocycles. The molecule has 10 heteroatoms. The lowest BCUT2D eigenvalue weighted by atomic mass is 10.1. The van der Waals surface area contributed by atoms with Gasteiger partial charge in [0.05, 0.1) is 11.1 Å². The van der Waals surface area contributed by atoms with Crippen molar-refractivity contribution in [2.45, 2.75) is 45.3 Å². The molecular formula is C23H25F3N6O. The van der Waals surface area contributed by atoms with Crippen LogP contribution >= 0.6 is 0 Å². The zero-order valence-corrected chi connectivity index (χ0v) is 18.4. The topological polar surface area (TPSA) is 67.2 Å². The molecule has 1 amide bonds. The van der Waals surface area contributed by atoms with Crippen LogP contribution in [0.25, 0.3) is 11.2 Å². The third-order valence-corrected chi connectivity index (χ3v) is 6.39. The van der Waals surface area contributed by atoms with Gasteiger partial charge in [-0.3, -0.25) is 4.79 Å². The Hall–Kier alpha value is -3.17. The van der Waals surface area contributed by atoms with E-state index in [1.807, 2.05) is 11.8 Å². The van der Waals surface area contributed by atoms with Crippen molar-refractivity contribution in [2.75, 3.05) is 31.1 Å². The highest BCUT2D eigenvalue weighted by molar-refractivity contribution is 6.04. The van der Waals surface area contributed by atoms with Crippen molar-refractivity contribution >= 4 is 22.9 Å². The molecule has 0 bridgehead atoms. The lowest BCUT2D eigenvalue weighted by Gasteiger charge is -2.35. The maximum atomic E-state index is 13.4. The average Bonchev–Trinajstić information content (AvgIpc) is 2.98. The summed E-state index contributed by atoms with van der Waals surface area (Å²) in [7, 11) is 0. The summed E-state index contributed by atoms with van der Waals surface area (Å²) in [6.45, 7) is 4.67. The maximum Gasteiger partial charge on any atom is 0.417 e. The van der Waals surface area contributed by atoms with Gasteiger partial charge < -0.3 is 14.4 Å². The second-order valence-corrected chi connectivity index (χ2v) is 8.66. The molecule has 2 aliphatic heterocycles. The Kier molecular flexibility index (Phi) is 5.46. The number of amides is 1. The molecule has 33 heavy (non-hydrogen) atoms. The standard InChI is InChI=1S/C23H25F3N6O/c1-15-13-17(20-21(28-15)32-8-4-2-3-5-19(32)29-20)22(33)31-11-9-30(10-12-31)18-7-6-16(14-27-18)23(24,25)26/h6-7,13-14H,2-5,8-12H2,1H3. The fourth-order valence-electron chi connectivity index (χ4n) is 4.63. The van der Waals surface area contributed by atoms with Crippen LogP contribution in [0.2, 0.25) is 0 Å². The van der Waals surface area contributed by atoms with Crippen molar-refractivity contribution in [3.63, 3.8) is 0 Å². The number of nitrogens with zero attached hydrogens (tertiary/aromatic N) is 6. The minimum absolute atomic E-state index is 0.0845. The quantitative estimate of drug-likeness (QED) is 0.584. The van der Waals surface area contributed by atoms with Crippen LogP contribution in [0.1, 0.15) is 46.7 Å². The molecule has 5 rings (SSSR count). The number of imidazole rings is 1. The van der Waals surface area contributed by atoms with E-state index < -0.39 is 11.7 Å². The van der Waals surface area contributed by atoms with Crippen LogP contribution in [-0.2, 0) is 19.1 Å². The van der Waals surface area contributed by atoms with Gasteiger partial charge in [0.25, 0.3) is 5.91 Å². The summed E-state index contributed by atoms with van der Waals surface area (Å²) in [4.78, 5) is 30.6. The summed E-state index contributed by atoms with van der Waals surface area (Å²) in [5.41, 5.74) is 2.03. The Bertz CT molecular complexity index is 1180. The molecule has 1 saturated heterocycles. The van der Waals surface area contributed by atoms with Crippen molar-refractivity contribution in [1.82, 2.24) is 24.4 Å². The SMILES string of the molecule is Cc1cc(C(=O)N2CCN(c3ccc(C(F)(F)F)cn3)CC2)c2nc3n(c2n1)CCCCC3. The fraction of sp³-hybridized carbons (Fsp3) is 0.478. The van der Waals surface area contributed by atoms with E-state index in [0.29, 0.717) is 43.1 Å². The zero-order valence-electron chi connectivity index (χ0n) is 18.4. The van der Waals surface area contributed by atoms with Crippen molar-refractivity contribution in [3.8, 4) is 0 Å². The van der Waals surface area contributed by atoms with Crippen LogP contribution in [0.3, 0.4) is 0 Å². The number of aryl methyl sites for hydroxylation is 3. The number of aromatic nitrogens is 4. The van der Waals surface area contributed by atoms with Gasteiger partial charge in [0.2, 0.25) is 0 Å². The Balaban J connectivity index is 1.34. The van der Waals surface area contributed by atoms with E-state index in [1.54, 1.807) is 11.0 Å². The number of rotatable bonds is 2. The van der Waals surface area contributed by atoms with E-state index in [-0.39, 0.29) is 5.91 Å². The van der Waals surface area contributed by atoms with E-state index in [4.69, 9.17) is 4.98 Å². The Morgan fingerprint density at radius 2 is 1.79 bits per heavy atom. The van der Waals surface area contributed by atoms with Gasteiger partial charge >= 0.3 is 6.18 Å². The molecule has 0 aromatic carbocycles. The molecule has 0 saturated carbocycles. The summed E-state index contributed by atoms with van der Waals surface area (Å²) in [6, 6.07) is 4.23. The number of piperazine rings is 1. The van der Waals surface area contributed by atoms with Crippen molar-refractivity contribution < 1.29 is 18.0 Å². The third kappa shape index (κ3) is 4.14. The Morgan fingerprint density at radius 1 is 1.00 bits per heavy atom. The number of carbonyl (C=O) groups excluding carboxylic acids is 1. The molecule has 7 nitrogen and oxygen atoms in total. The third-order valence-electron chi connectivity index (χ3n) is 6.39. The van der Waals surface area contributed by atoms with Gasteiger partial charge in [-0.15, -0.1) is 0 Å². The highest BCUT2D eigenvalue weighted by atomic mass is 19.4. The monoisotopic (exact) mass is 458 g/mol. The first-order valence-corrected chi connectivity index (χ1v) is 11.3. The van der Waals surface area contributed by atoms with Crippen molar-refractivity contribution in [3.05, 3.63) is 47.0 Å². The first kappa shape index (κ1) is 21.7. The van der Waals surface area contributed by atoms with Crippen LogP contribution in [0.5, 0.6) is 0 Å². The normalized spacial score (nSPS) is 17.2. The molecule has 3 aromatic rings. The highest BCUT2D eigenvalue weighted by Gasteiger charge is 2.31. The molecular weight excluding hydrogens is 433 g/mol. The van der Waals surface area contributed by atoms with E-state index in [2.05, 4.69) is 14.5 Å². The van der Waals surface area contributed by atoms with Gasteiger partial charge in [0.15, 0.2) is 5.65 Å². The van der Waals surface area contributed by atoms with E-state index in [9.17, 15) is 18.0 Å². The van der Waals surface area contributed by atoms with Crippen molar-refractivity contribution in [1.29, 1.82) is 0 Å². The van der Waals surface area contributed by atoms with E-state index >= 15 is 0 Å². The van der Waals surface area contributed by atoms with Gasteiger partial charge in [-0.1, -0.05) is 6.42 Å². The number of hydrogen-bond acceptors (Lipinski definition) is 5. The summed E-state index contributed by atoms with van der Waals surface area (Å²) in [6.07, 6.45) is 0.674. The summed E-state index contributed by atoms with van der Waals surface area (Å²) < 4.78 is 40.5. The summed E-state index contributed by atoms with van der Waals surface area (Å²) in [5.74, 6) is 1.39. The highest BCUT2D eigenvalue weighted by Crippen LogP contribution is 2.30. The average molecular weight is 458 g/mol. The van der Waals surface area contributed by atoms with Gasteiger partial charge in [0.1, 0.15) is 17.2 Å². The molecule has 0 atom stereocenters. The lowest BCUT2D eigenvalue weighted by molar-refractivity contribution is -0.137. The predicted molar refractivity (Wildman–Crippen MR) is 117 cm³/mol. The van der Waals surface area contributed by atoms with Gasteiger partial charge in [-0.25, -0.2) is 15.0 Å². The van der Waals surface area contributed by atoms with Gasteiger partial charge in [-0.05, 0) is 38.0 Å². The first-order valence-electron chi connectivity index (χ1n) is 11.3. The van der Waals surface area contributed by atoms with Gasteiger partial charge in [0, 0.05) is 51.0 Å². The molecule has 0 radical (unpaired) electrons. The molecule has 1 fully saturated rings. The van der Waals surface area contributed by atoms with Crippen LogP contribution in [0.15, 0.2) is 24.4 Å². The molecule has 0 spiro atoms. The number of fused-ring (bicyclic) bond motifs is 3. The smallest absolute Gasteiger partial charge is 0.353 e. The Labute approximate surface area is 189 Å². The number of alkyl halides is 3. The number of pyridine rings is 2. The molecule has 5 heterocycles. The van der Waals surface area contributed by atoms with Crippen LogP contribution < -0.4 is 4.90 Å². The number of anilines is 1. The minimum atomic E-state index is -4.41.